The Morgan fingerprint density at radius 2 is 2.18 bits per heavy atom. The summed E-state index contributed by atoms with van der Waals surface area (Å²) in [7, 11) is 0. The van der Waals surface area contributed by atoms with E-state index >= 15 is 0 Å². The molecule has 1 aliphatic heterocycles. The molecule has 1 heterocycles. The Bertz CT molecular complexity index is 375. The average molecular weight is 248 g/mol. The summed E-state index contributed by atoms with van der Waals surface area (Å²) in [4.78, 5) is 4.54. The predicted octanol–water partition coefficient (Wildman–Crippen LogP) is 3.12. The molecule has 1 aliphatic rings. The van der Waals surface area contributed by atoms with Gasteiger partial charge in [-0.1, -0.05) is 55.9 Å². The van der Waals surface area contributed by atoms with Gasteiger partial charge >= 0.3 is 0 Å². The molecule has 0 saturated carbocycles. The van der Waals surface area contributed by atoms with E-state index in [4.69, 9.17) is 0 Å². The molecule has 0 aromatic heterocycles. The first-order valence-corrected chi connectivity index (χ1v) is 7.20. The van der Waals surface area contributed by atoms with Crippen molar-refractivity contribution in [1.82, 2.24) is 5.32 Å². The highest BCUT2D eigenvalue weighted by molar-refractivity contribution is 8.13. The zero-order valence-corrected chi connectivity index (χ0v) is 11.3. The summed E-state index contributed by atoms with van der Waals surface area (Å²) in [5.74, 6) is 2.43. The number of nitrogens with one attached hydrogen (secondary N) is 1. The van der Waals surface area contributed by atoms with Crippen molar-refractivity contribution in [2.45, 2.75) is 19.8 Å². The van der Waals surface area contributed by atoms with Crippen molar-refractivity contribution in [1.29, 1.82) is 0 Å². The Labute approximate surface area is 108 Å². The first-order valence-electron chi connectivity index (χ1n) is 6.21. The largest absolute Gasteiger partial charge is 0.364 e. The van der Waals surface area contributed by atoms with Crippen molar-refractivity contribution >= 4 is 16.9 Å². The molecule has 17 heavy (non-hydrogen) atoms. The number of benzene rings is 1. The fourth-order valence-corrected chi connectivity index (χ4v) is 2.70. The van der Waals surface area contributed by atoms with E-state index in [1.54, 1.807) is 0 Å². The number of hydrogen-bond donors (Lipinski definition) is 1. The second kappa shape index (κ2) is 6.10. The lowest BCUT2D eigenvalue weighted by Gasteiger charge is -2.20. The molecule has 1 aromatic rings. The summed E-state index contributed by atoms with van der Waals surface area (Å²) in [5, 5.41) is 4.57. The van der Waals surface area contributed by atoms with Gasteiger partial charge in [-0.15, -0.1) is 0 Å². The van der Waals surface area contributed by atoms with Crippen molar-refractivity contribution < 1.29 is 0 Å². The van der Waals surface area contributed by atoms with Crippen LogP contribution in [0.2, 0.25) is 0 Å². The molecule has 2 unspecified atom stereocenters. The zero-order chi connectivity index (χ0) is 12.1. The molecule has 2 atom stereocenters. The lowest BCUT2D eigenvalue weighted by molar-refractivity contribution is 0.663. The number of aliphatic imine (C=N–C) groups is 1. The summed E-state index contributed by atoms with van der Waals surface area (Å²) in [6, 6.07) is 10.6. The van der Waals surface area contributed by atoms with Gasteiger partial charge in [-0.3, -0.25) is 4.99 Å². The predicted molar refractivity (Wildman–Crippen MR) is 76.8 cm³/mol. The minimum atomic E-state index is 0.527. The Kier molecular flexibility index (Phi) is 4.49. The molecule has 0 amide bonds. The maximum Gasteiger partial charge on any atom is 0.156 e. The molecule has 2 rings (SSSR count). The summed E-state index contributed by atoms with van der Waals surface area (Å²) in [5.41, 5.74) is 1.38. The summed E-state index contributed by atoms with van der Waals surface area (Å²) in [6.45, 7) is 6.43. The molecule has 92 valence electrons. The highest BCUT2D eigenvalue weighted by Gasteiger charge is 2.12. The highest BCUT2D eigenvalue weighted by atomic mass is 32.2. The van der Waals surface area contributed by atoms with Gasteiger partial charge in [0.2, 0.25) is 0 Å². The van der Waals surface area contributed by atoms with Crippen LogP contribution in [0, 0.1) is 5.92 Å². The van der Waals surface area contributed by atoms with E-state index in [1.165, 1.54) is 11.3 Å². The molecule has 0 radical (unpaired) electrons. The van der Waals surface area contributed by atoms with Gasteiger partial charge in [-0.05, 0) is 17.4 Å². The van der Waals surface area contributed by atoms with E-state index in [9.17, 15) is 0 Å². The van der Waals surface area contributed by atoms with Gasteiger partial charge in [0.1, 0.15) is 0 Å². The third kappa shape index (κ3) is 3.77. The van der Waals surface area contributed by atoms with Crippen LogP contribution in [0.4, 0.5) is 0 Å². The van der Waals surface area contributed by atoms with Gasteiger partial charge in [0.05, 0.1) is 0 Å². The third-order valence-electron chi connectivity index (χ3n) is 2.98. The molecular formula is C14H20N2S. The third-order valence-corrected chi connectivity index (χ3v) is 4.26. The topological polar surface area (TPSA) is 24.4 Å². The Morgan fingerprint density at radius 1 is 1.41 bits per heavy atom. The van der Waals surface area contributed by atoms with Crippen LogP contribution in [0.3, 0.4) is 0 Å². The first kappa shape index (κ1) is 12.5. The Balaban J connectivity index is 1.82. The normalized spacial score (nSPS) is 21.8. The lowest BCUT2D eigenvalue weighted by atomic mass is 10.0. The van der Waals surface area contributed by atoms with Crippen molar-refractivity contribution in [3.8, 4) is 0 Å². The molecule has 0 fully saturated rings. The number of hydrogen-bond acceptors (Lipinski definition) is 3. The van der Waals surface area contributed by atoms with E-state index in [0.29, 0.717) is 5.92 Å². The van der Waals surface area contributed by atoms with Crippen molar-refractivity contribution in [2.75, 3.05) is 18.8 Å². The van der Waals surface area contributed by atoms with E-state index < -0.39 is 0 Å². The summed E-state index contributed by atoms with van der Waals surface area (Å²) >= 11 is 1.85. The standard InChI is InChI=1S/C14H20N2S/c1-11-8-15-14(17-10-11)16-9-12(2)13-6-4-3-5-7-13/h3-7,11-12H,8-10H2,1-2H3,(H,15,16). The van der Waals surface area contributed by atoms with Crippen LogP contribution in [-0.4, -0.2) is 24.0 Å². The molecular weight excluding hydrogens is 228 g/mol. The van der Waals surface area contributed by atoms with Crippen LogP contribution in [-0.2, 0) is 0 Å². The van der Waals surface area contributed by atoms with Crippen LogP contribution in [0.1, 0.15) is 25.3 Å². The SMILES string of the molecule is CC1CN=C(NCC(C)c2ccccc2)SC1. The molecule has 2 nitrogen and oxygen atoms in total. The van der Waals surface area contributed by atoms with E-state index in [2.05, 4.69) is 54.5 Å². The number of nitrogens with zero attached hydrogens (tertiary/aromatic N) is 1. The van der Waals surface area contributed by atoms with Crippen LogP contribution < -0.4 is 5.32 Å². The quantitative estimate of drug-likeness (QED) is 0.889. The minimum absolute atomic E-state index is 0.527. The monoisotopic (exact) mass is 248 g/mol. The van der Waals surface area contributed by atoms with Gasteiger partial charge in [-0.25, -0.2) is 0 Å². The molecule has 0 saturated heterocycles. The van der Waals surface area contributed by atoms with Crippen LogP contribution >= 0.6 is 11.8 Å². The second-order valence-electron chi connectivity index (χ2n) is 4.75. The van der Waals surface area contributed by atoms with Crippen molar-refractivity contribution in [2.24, 2.45) is 10.9 Å². The molecule has 1 aromatic carbocycles. The first-order chi connectivity index (χ1) is 8.25. The van der Waals surface area contributed by atoms with Gasteiger partial charge < -0.3 is 5.32 Å². The number of rotatable bonds is 3. The highest BCUT2D eigenvalue weighted by Crippen LogP contribution is 2.17. The van der Waals surface area contributed by atoms with E-state index in [1.807, 2.05) is 11.8 Å². The van der Waals surface area contributed by atoms with Crippen LogP contribution in [0.5, 0.6) is 0 Å². The fraction of sp³-hybridized carbons (Fsp3) is 0.500. The second-order valence-corrected chi connectivity index (χ2v) is 5.76. The maximum atomic E-state index is 4.54. The average Bonchev–Trinajstić information content (AvgIpc) is 2.39. The van der Waals surface area contributed by atoms with Gasteiger partial charge in [0.15, 0.2) is 5.17 Å². The Morgan fingerprint density at radius 3 is 2.82 bits per heavy atom. The molecule has 0 bridgehead atoms. The van der Waals surface area contributed by atoms with Crippen LogP contribution in [0.15, 0.2) is 35.3 Å². The number of amidine groups is 1. The van der Waals surface area contributed by atoms with Crippen molar-refractivity contribution in [3.63, 3.8) is 0 Å². The van der Waals surface area contributed by atoms with Gasteiger partial charge in [0, 0.05) is 18.8 Å². The molecule has 3 heteroatoms. The lowest BCUT2D eigenvalue weighted by Crippen LogP contribution is -2.29. The van der Waals surface area contributed by atoms with Gasteiger partial charge in [-0.2, -0.15) is 0 Å². The van der Waals surface area contributed by atoms with Gasteiger partial charge in [0.25, 0.3) is 0 Å². The van der Waals surface area contributed by atoms with E-state index in [-0.39, 0.29) is 0 Å². The summed E-state index contributed by atoms with van der Waals surface area (Å²) < 4.78 is 0. The fourth-order valence-electron chi connectivity index (χ4n) is 1.81. The summed E-state index contributed by atoms with van der Waals surface area (Å²) in [6.07, 6.45) is 0. The Hall–Kier alpha value is -0.960. The van der Waals surface area contributed by atoms with Crippen molar-refractivity contribution in [3.05, 3.63) is 35.9 Å². The molecule has 1 N–H and O–H groups in total. The maximum absolute atomic E-state index is 4.54. The number of thioether (sulfide) groups is 1. The minimum Gasteiger partial charge on any atom is -0.364 e. The van der Waals surface area contributed by atoms with Crippen LogP contribution in [0.25, 0.3) is 0 Å². The van der Waals surface area contributed by atoms with E-state index in [0.717, 1.165) is 24.2 Å². The molecule has 0 spiro atoms. The smallest absolute Gasteiger partial charge is 0.156 e. The molecule has 0 aliphatic carbocycles. The zero-order valence-electron chi connectivity index (χ0n) is 10.5.